The summed E-state index contributed by atoms with van der Waals surface area (Å²) in [5.74, 6) is 2.55. The van der Waals surface area contributed by atoms with Crippen molar-refractivity contribution in [1.29, 1.82) is 0 Å². The largest absolute Gasteiger partial charge is 0.483 e. The number of pyridine rings is 1. The second-order valence-corrected chi connectivity index (χ2v) is 6.18. The Hall–Kier alpha value is -1.74. The predicted molar refractivity (Wildman–Crippen MR) is 83.5 cm³/mol. The van der Waals surface area contributed by atoms with Gasteiger partial charge >= 0.3 is 0 Å². The molecular weight excluding hydrogens is 286 g/mol. The second kappa shape index (κ2) is 5.23. The number of hydrogen-bond donors (Lipinski definition) is 0. The first-order chi connectivity index (χ1) is 9.98. The van der Waals surface area contributed by atoms with Crippen molar-refractivity contribution in [3.8, 4) is 17.4 Å². The number of benzene rings is 1. The van der Waals surface area contributed by atoms with Crippen LogP contribution in [0.15, 0.2) is 30.3 Å². The van der Waals surface area contributed by atoms with Crippen LogP contribution in [0, 0.1) is 6.92 Å². The molecule has 110 valence electrons. The van der Waals surface area contributed by atoms with Crippen LogP contribution >= 0.6 is 11.6 Å². The van der Waals surface area contributed by atoms with Crippen LogP contribution < -0.4 is 9.47 Å². The molecule has 0 radical (unpaired) electrons. The number of rotatable bonds is 3. The van der Waals surface area contributed by atoms with Crippen LogP contribution in [-0.2, 0) is 12.3 Å². The fourth-order valence-electron chi connectivity index (χ4n) is 2.55. The molecule has 2 aromatic rings. The first kappa shape index (κ1) is 14.2. The molecule has 1 aliphatic heterocycles. The molecule has 1 aliphatic rings. The molecule has 0 fully saturated rings. The van der Waals surface area contributed by atoms with Gasteiger partial charge in [-0.25, -0.2) is 4.98 Å². The maximum absolute atomic E-state index is 6.00. The summed E-state index contributed by atoms with van der Waals surface area (Å²) in [4.78, 5) is 4.44. The molecule has 0 spiro atoms. The molecule has 2 heterocycles. The van der Waals surface area contributed by atoms with E-state index >= 15 is 0 Å². The third kappa shape index (κ3) is 2.84. The first-order valence-corrected chi connectivity index (χ1v) is 7.53. The van der Waals surface area contributed by atoms with Crippen molar-refractivity contribution < 1.29 is 9.47 Å². The van der Waals surface area contributed by atoms with E-state index in [1.807, 2.05) is 31.2 Å². The lowest BCUT2D eigenvalue weighted by Gasteiger charge is -2.18. The van der Waals surface area contributed by atoms with Gasteiger partial charge in [0.1, 0.15) is 5.60 Å². The zero-order chi connectivity index (χ0) is 15.0. The van der Waals surface area contributed by atoms with Crippen LogP contribution in [0.1, 0.15) is 30.7 Å². The molecular formula is C17H18ClNO2. The van der Waals surface area contributed by atoms with E-state index in [-0.39, 0.29) is 5.60 Å². The molecule has 1 aromatic carbocycles. The SMILES string of the molecule is Cc1nc(Oc2cccc3c2OC(C)(C)C3)ccc1CCl. The van der Waals surface area contributed by atoms with Gasteiger partial charge in [-0.1, -0.05) is 18.2 Å². The zero-order valence-corrected chi connectivity index (χ0v) is 13.2. The lowest BCUT2D eigenvalue weighted by molar-refractivity contribution is 0.135. The summed E-state index contributed by atoms with van der Waals surface area (Å²) in [6.45, 7) is 6.09. The van der Waals surface area contributed by atoms with Crippen molar-refractivity contribution in [1.82, 2.24) is 4.98 Å². The average molecular weight is 304 g/mol. The quantitative estimate of drug-likeness (QED) is 0.774. The van der Waals surface area contributed by atoms with E-state index in [4.69, 9.17) is 21.1 Å². The van der Waals surface area contributed by atoms with Gasteiger partial charge in [0.05, 0.1) is 0 Å². The van der Waals surface area contributed by atoms with Crippen molar-refractivity contribution in [2.45, 2.75) is 38.7 Å². The first-order valence-electron chi connectivity index (χ1n) is 7.00. The Morgan fingerprint density at radius 1 is 1.29 bits per heavy atom. The van der Waals surface area contributed by atoms with Gasteiger partial charge in [-0.3, -0.25) is 0 Å². The van der Waals surface area contributed by atoms with Crippen LogP contribution in [0.2, 0.25) is 0 Å². The van der Waals surface area contributed by atoms with Gasteiger partial charge in [-0.15, -0.1) is 11.6 Å². The summed E-state index contributed by atoms with van der Waals surface area (Å²) in [6.07, 6.45) is 0.886. The van der Waals surface area contributed by atoms with Crippen LogP contribution in [0.25, 0.3) is 0 Å². The Morgan fingerprint density at radius 2 is 2.10 bits per heavy atom. The highest BCUT2D eigenvalue weighted by Crippen LogP contribution is 2.43. The molecule has 0 saturated carbocycles. The molecule has 0 saturated heterocycles. The molecule has 21 heavy (non-hydrogen) atoms. The molecule has 1 aromatic heterocycles. The third-order valence-corrected chi connectivity index (χ3v) is 3.87. The van der Waals surface area contributed by atoms with Crippen molar-refractivity contribution in [2.75, 3.05) is 0 Å². The van der Waals surface area contributed by atoms with E-state index < -0.39 is 0 Å². The topological polar surface area (TPSA) is 31.4 Å². The van der Waals surface area contributed by atoms with Crippen molar-refractivity contribution in [3.05, 3.63) is 47.2 Å². The van der Waals surface area contributed by atoms with Gasteiger partial charge < -0.3 is 9.47 Å². The van der Waals surface area contributed by atoms with Crippen LogP contribution in [0.5, 0.6) is 17.4 Å². The summed E-state index contributed by atoms with van der Waals surface area (Å²) < 4.78 is 11.9. The molecule has 0 amide bonds. The average Bonchev–Trinajstić information content (AvgIpc) is 2.74. The molecule has 3 nitrogen and oxygen atoms in total. The van der Waals surface area contributed by atoms with Crippen molar-refractivity contribution in [3.63, 3.8) is 0 Å². The van der Waals surface area contributed by atoms with Gasteiger partial charge in [-0.2, -0.15) is 0 Å². The number of aryl methyl sites for hydroxylation is 1. The molecule has 3 rings (SSSR count). The fourth-order valence-corrected chi connectivity index (χ4v) is 2.83. The Balaban J connectivity index is 1.90. The number of fused-ring (bicyclic) bond motifs is 1. The standard InChI is InChI=1S/C17H18ClNO2/c1-11-13(10-18)7-8-15(19-11)20-14-6-4-5-12-9-17(2,3)21-16(12)14/h4-8H,9-10H2,1-3H3. The lowest BCUT2D eigenvalue weighted by atomic mass is 10.0. The number of hydrogen-bond acceptors (Lipinski definition) is 3. The molecule has 0 N–H and O–H groups in total. The van der Waals surface area contributed by atoms with Gasteiger partial charge in [0, 0.05) is 29.6 Å². The number of halogens is 1. The Morgan fingerprint density at radius 3 is 2.81 bits per heavy atom. The number of aromatic nitrogens is 1. The highest BCUT2D eigenvalue weighted by molar-refractivity contribution is 6.17. The predicted octanol–water partition coefficient (Wildman–Crippen LogP) is 4.63. The second-order valence-electron chi connectivity index (χ2n) is 5.91. The number of ether oxygens (including phenoxy) is 2. The Bertz CT molecular complexity index is 682. The summed E-state index contributed by atoms with van der Waals surface area (Å²) in [5.41, 5.74) is 2.88. The van der Waals surface area contributed by atoms with Gasteiger partial charge in [-0.05, 0) is 32.4 Å². The zero-order valence-electron chi connectivity index (χ0n) is 12.4. The molecule has 4 heteroatoms. The van der Waals surface area contributed by atoms with E-state index in [1.54, 1.807) is 0 Å². The highest BCUT2D eigenvalue weighted by Gasteiger charge is 2.32. The van der Waals surface area contributed by atoms with E-state index in [1.165, 1.54) is 5.56 Å². The molecule has 0 aliphatic carbocycles. The summed E-state index contributed by atoms with van der Waals surface area (Å²) in [5, 5.41) is 0. The summed E-state index contributed by atoms with van der Waals surface area (Å²) in [6, 6.07) is 9.75. The minimum atomic E-state index is -0.187. The van der Waals surface area contributed by atoms with Gasteiger partial charge in [0.2, 0.25) is 5.88 Å². The van der Waals surface area contributed by atoms with Gasteiger partial charge in [0.25, 0.3) is 0 Å². The Kier molecular flexibility index (Phi) is 3.54. The van der Waals surface area contributed by atoms with Crippen molar-refractivity contribution in [2.24, 2.45) is 0 Å². The number of para-hydroxylation sites is 1. The maximum Gasteiger partial charge on any atom is 0.219 e. The van der Waals surface area contributed by atoms with E-state index in [0.29, 0.717) is 17.5 Å². The molecule has 0 atom stereocenters. The van der Waals surface area contributed by atoms with Crippen LogP contribution in [-0.4, -0.2) is 10.6 Å². The Labute approximate surface area is 129 Å². The molecule has 0 unspecified atom stereocenters. The van der Waals surface area contributed by atoms with E-state index in [0.717, 1.165) is 23.4 Å². The monoisotopic (exact) mass is 303 g/mol. The summed E-state index contributed by atoms with van der Waals surface area (Å²) >= 11 is 5.85. The normalized spacial score (nSPS) is 15.4. The minimum absolute atomic E-state index is 0.187. The van der Waals surface area contributed by atoms with Crippen LogP contribution in [0.3, 0.4) is 0 Å². The van der Waals surface area contributed by atoms with Crippen LogP contribution in [0.4, 0.5) is 0 Å². The smallest absolute Gasteiger partial charge is 0.219 e. The number of nitrogens with zero attached hydrogens (tertiary/aromatic N) is 1. The van der Waals surface area contributed by atoms with Crippen molar-refractivity contribution >= 4 is 11.6 Å². The minimum Gasteiger partial charge on any atom is -0.483 e. The molecule has 0 bridgehead atoms. The highest BCUT2D eigenvalue weighted by atomic mass is 35.5. The fraction of sp³-hybridized carbons (Fsp3) is 0.353. The van der Waals surface area contributed by atoms with E-state index in [9.17, 15) is 0 Å². The number of alkyl halides is 1. The van der Waals surface area contributed by atoms with E-state index in [2.05, 4.69) is 24.9 Å². The third-order valence-electron chi connectivity index (χ3n) is 3.58. The lowest BCUT2D eigenvalue weighted by Crippen LogP contribution is -2.24. The summed E-state index contributed by atoms with van der Waals surface area (Å²) in [7, 11) is 0. The maximum atomic E-state index is 6.00. The van der Waals surface area contributed by atoms with Gasteiger partial charge in [0.15, 0.2) is 11.5 Å².